The van der Waals surface area contributed by atoms with Crippen LogP contribution in [0.5, 0.6) is 0 Å². The molecule has 0 aromatic heterocycles. The molecule has 1 aromatic rings. The predicted molar refractivity (Wildman–Crippen MR) is 102 cm³/mol. The Morgan fingerprint density at radius 3 is 2.41 bits per heavy atom. The smallest absolute Gasteiger partial charge is 0.314 e. The second-order valence-electron chi connectivity index (χ2n) is 6.08. The molecule has 158 valence electrons. The minimum Gasteiger partial charge on any atom is -0.351 e. The molecule has 0 atom stereocenters. The zero-order valence-corrected chi connectivity index (χ0v) is 16.3. The van der Waals surface area contributed by atoms with Crippen LogP contribution in [0.1, 0.15) is 41.0 Å². The minimum atomic E-state index is -0.620. The van der Waals surface area contributed by atoms with Crippen LogP contribution in [-0.2, 0) is 9.47 Å². The van der Waals surface area contributed by atoms with E-state index in [0.29, 0.717) is 19.6 Å². The number of imide groups is 1. The lowest BCUT2D eigenvalue weighted by molar-refractivity contribution is -0.384. The van der Waals surface area contributed by atoms with Crippen molar-refractivity contribution in [2.45, 2.75) is 26.6 Å². The van der Waals surface area contributed by atoms with Crippen LogP contribution in [0.2, 0.25) is 0 Å². The molecule has 0 spiro atoms. The molecule has 1 heterocycles. The number of urea groups is 1. The molecule has 1 aromatic carbocycles. The molecule has 0 fully saturated rings. The van der Waals surface area contributed by atoms with Crippen molar-refractivity contribution in [1.82, 2.24) is 15.5 Å². The number of nitro groups is 1. The summed E-state index contributed by atoms with van der Waals surface area (Å²) < 4.78 is 10.6. The van der Waals surface area contributed by atoms with Crippen LogP contribution in [0, 0.1) is 10.1 Å². The van der Waals surface area contributed by atoms with Crippen LogP contribution in [0.25, 0.3) is 0 Å². The Hall–Kier alpha value is -3.05. The highest BCUT2D eigenvalue weighted by atomic mass is 16.7. The van der Waals surface area contributed by atoms with Gasteiger partial charge in [-0.3, -0.25) is 24.6 Å². The summed E-state index contributed by atoms with van der Waals surface area (Å²) in [6, 6.07) is 3.16. The third-order valence-corrected chi connectivity index (χ3v) is 4.14. The third-order valence-electron chi connectivity index (χ3n) is 4.14. The average Bonchev–Trinajstić information content (AvgIpc) is 2.93. The minimum absolute atomic E-state index is 0.0211. The van der Waals surface area contributed by atoms with Gasteiger partial charge >= 0.3 is 6.03 Å². The molecular formula is C18H24N4O7. The molecule has 1 aliphatic heterocycles. The van der Waals surface area contributed by atoms with Crippen molar-refractivity contribution in [2.24, 2.45) is 0 Å². The molecule has 2 rings (SSSR count). The summed E-state index contributed by atoms with van der Waals surface area (Å²) in [7, 11) is 0. The lowest BCUT2D eigenvalue weighted by atomic mass is 10.1. The number of hydrogen-bond acceptors (Lipinski definition) is 7. The standard InChI is InChI=1S/C18H24N4O7/c1-3-28-15(29-4-2)11-20-18(25)19-8-5-9-21-16(23)13-7-6-12(22(26)27)10-14(13)17(21)24/h6-7,10,15H,3-5,8-9,11H2,1-2H3,(H2,19,20,25). The Labute approximate surface area is 167 Å². The van der Waals surface area contributed by atoms with Gasteiger partial charge in [0.2, 0.25) is 0 Å². The van der Waals surface area contributed by atoms with Crippen molar-refractivity contribution >= 4 is 23.5 Å². The molecule has 2 N–H and O–H groups in total. The van der Waals surface area contributed by atoms with Gasteiger partial charge in [-0.15, -0.1) is 0 Å². The van der Waals surface area contributed by atoms with Crippen LogP contribution in [0.4, 0.5) is 10.5 Å². The highest BCUT2D eigenvalue weighted by Crippen LogP contribution is 2.26. The quantitative estimate of drug-likeness (QED) is 0.185. The zero-order chi connectivity index (χ0) is 21.4. The highest BCUT2D eigenvalue weighted by molar-refractivity contribution is 6.21. The fourth-order valence-corrected chi connectivity index (χ4v) is 2.81. The molecule has 0 aliphatic carbocycles. The fraction of sp³-hybridized carbons (Fsp3) is 0.500. The van der Waals surface area contributed by atoms with Gasteiger partial charge in [0.1, 0.15) is 0 Å². The van der Waals surface area contributed by atoms with Crippen molar-refractivity contribution in [1.29, 1.82) is 0 Å². The van der Waals surface area contributed by atoms with E-state index in [2.05, 4.69) is 10.6 Å². The fourth-order valence-electron chi connectivity index (χ4n) is 2.81. The second kappa shape index (κ2) is 10.5. The lowest BCUT2D eigenvalue weighted by Gasteiger charge is -2.18. The van der Waals surface area contributed by atoms with Gasteiger partial charge in [0.15, 0.2) is 6.29 Å². The van der Waals surface area contributed by atoms with E-state index < -0.39 is 29.1 Å². The predicted octanol–water partition coefficient (Wildman–Crippen LogP) is 1.28. The number of carbonyl (C=O) groups is 3. The number of non-ortho nitro benzene ring substituents is 1. The molecule has 0 saturated carbocycles. The Kier molecular flexibility index (Phi) is 8.04. The monoisotopic (exact) mass is 408 g/mol. The van der Waals surface area contributed by atoms with E-state index in [1.54, 1.807) is 0 Å². The number of fused-ring (bicyclic) bond motifs is 1. The molecule has 0 unspecified atom stereocenters. The Balaban J connectivity index is 1.78. The maximum absolute atomic E-state index is 12.4. The summed E-state index contributed by atoms with van der Waals surface area (Å²) in [4.78, 5) is 47.8. The molecule has 11 nitrogen and oxygen atoms in total. The number of rotatable bonds is 11. The maximum atomic E-state index is 12.4. The van der Waals surface area contributed by atoms with Crippen molar-refractivity contribution in [3.05, 3.63) is 39.4 Å². The first-order valence-electron chi connectivity index (χ1n) is 9.28. The summed E-state index contributed by atoms with van der Waals surface area (Å²) in [5.74, 6) is -1.07. The van der Waals surface area contributed by atoms with Gasteiger partial charge in [-0.05, 0) is 26.3 Å². The van der Waals surface area contributed by atoms with Crippen LogP contribution in [0.15, 0.2) is 18.2 Å². The number of hydrogen-bond donors (Lipinski definition) is 2. The summed E-state index contributed by atoms with van der Waals surface area (Å²) in [5, 5.41) is 16.1. The zero-order valence-electron chi connectivity index (χ0n) is 16.3. The summed E-state index contributed by atoms with van der Waals surface area (Å²) >= 11 is 0. The molecule has 4 amide bonds. The van der Waals surface area contributed by atoms with E-state index in [-0.39, 0.29) is 36.4 Å². The molecule has 11 heteroatoms. The Bertz CT molecular complexity index is 777. The summed E-state index contributed by atoms with van der Waals surface area (Å²) in [6.07, 6.45) is -0.195. The normalized spacial score (nSPS) is 13.0. The number of nitrogens with one attached hydrogen (secondary N) is 2. The first-order chi connectivity index (χ1) is 13.9. The average molecular weight is 408 g/mol. The van der Waals surface area contributed by atoms with E-state index in [0.717, 1.165) is 11.0 Å². The van der Waals surface area contributed by atoms with E-state index in [4.69, 9.17) is 9.47 Å². The van der Waals surface area contributed by atoms with Crippen LogP contribution < -0.4 is 10.6 Å². The van der Waals surface area contributed by atoms with Crippen LogP contribution in [-0.4, -0.2) is 66.8 Å². The largest absolute Gasteiger partial charge is 0.351 e. The van der Waals surface area contributed by atoms with Gasteiger partial charge < -0.3 is 20.1 Å². The van der Waals surface area contributed by atoms with Gasteiger partial charge in [0, 0.05) is 38.4 Å². The van der Waals surface area contributed by atoms with Gasteiger partial charge in [0.25, 0.3) is 17.5 Å². The lowest BCUT2D eigenvalue weighted by Crippen LogP contribution is -2.42. The third kappa shape index (κ3) is 5.72. The van der Waals surface area contributed by atoms with Crippen molar-refractivity contribution in [3.8, 4) is 0 Å². The van der Waals surface area contributed by atoms with E-state index in [1.165, 1.54) is 12.1 Å². The summed E-state index contributed by atoms with van der Waals surface area (Å²) in [6.45, 7) is 5.06. The summed E-state index contributed by atoms with van der Waals surface area (Å²) in [5.41, 5.74) is -0.0838. The van der Waals surface area contributed by atoms with E-state index >= 15 is 0 Å². The van der Waals surface area contributed by atoms with Crippen molar-refractivity contribution in [3.63, 3.8) is 0 Å². The van der Waals surface area contributed by atoms with E-state index in [1.807, 2.05) is 13.8 Å². The molecular weight excluding hydrogens is 384 g/mol. The van der Waals surface area contributed by atoms with Crippen LogP contribution >= 0.6 is 0 Å². The molecule has 1 aliphatic rings. The Morgan fingerprint density at radius 2 is 1.79 bits per heavy atom. The number of benzene rings is 1. The van der Waals surface area contributed by atoms with Gasteiger partial charge in [-0.25, -0.2) is 4.79 Å². The molecule has 0 radical (unpaired) electrons. The number of amides is 4. The van der Waals surface area contributed by atoms with Gasteiger partial charge in [0.05, 0.1) is 22.6 Å². The first kappa shape index (κ1) is 22.2. The van der Waals surface area contributed by atoms with Crippen molar-refractivity contribution < 1.29 is 28.8 Å². The SMILES string of the molecule is CCOC(CNC(=O)NCCCN1C(=O)c2ccc([N+](=O)[O-])cc2C1=O)OCC. The number of nitrogens with zero attached hydrogens (tertiary/aromatic N) is 2. The highest BCUT2D eigenvalue weighted by Gasteiger charge is 2.36. The van der Waals surface area contributed by atoms with E-state index in [9.17, 15) is 24.5 Å². The Morgan fingerprint density at radius 1 is 1.14 bits per heavy atom. The topological polar surface area (TPSA) is 140 Å². The molecule has 0 saturated heterocycles. The number of carbonyl (C=O) groups excluding carboxylic acids is 3. The first-order valence-corrected chi connectivity index (χ1v) is 9.28. The molecule has 0 bridgehead atoms. The van der Waals surface area contributed by atoms with Crippen molar-refractivity contribution in [2.75, 3.05) is 32.8 Å². The van der Waals surface area contributed by atoms with Gasteiger partial charge in [-0.2, -0.15) is 0 Å². The number of nitro benzene ring substituents is 1. The van der Waals surface area contributed by atoms with Crippen LogP contribution in [0.3, 0.4) is 0 Å². The van der Waals surface area contributed by atoms with Gasteiger partial charge in [-0.1, -0.05) is 0 Å². The maximum Gasteiger partial charge on any atom is 0.314 e. The molecule has 29 heavy (non-hydrogen) atoms. The number of ether oxygens (including phenoxy) is 2. The second-order valence-corrected chi connectivity index (χ2v) is 6.08.